The highest BCUT2D eigenvalue weighted by Crippen LogP contribution is 2.24. The van der Waals surface area contributed by atoms with E-state index in [1.165, 1.54) is 35.2 Å². The van der Waals surface area contributed by atoms with Crippen LogP contribution in [0.25, 0.3) is 0 Å². The van der Waals surface area contributed by atoms with Crippen molar-refractivity contribution in [2.24, 2.45) is 0 Å². The fourth-order valence-electron chi connectivity index (χ4n) is 2.73. The number of hydrogen-bond acceptors (Lipinski definition) is 3. The van der Waals surface area contributed by atoms with Crippen LogP contribution in [-0.2, 0) is 11.3 Å². The van der Waals surface area contributed by atoms with E-state index in [4.69, 9.17) is 11.6 Å². The van der Waals surface area contributed by atoms with Crippen LogP contribution in [0.2, 0.25) is 5.02 Å². The normalized spacial score (nSPS) is 16.8. The lowest BCUT2D eigenvalue weighted by atomic mass is 10.2. The molecule has 1 aromatic carbocycles. The molecule has 1 aromatic heterocycles. The molecule has 2 heterocycles. The summed E-state index contributed by atoms with van der Waals surface area (Å²) in [6.07, 6.45) is 1.22. The number of nitrogens with zero attached hydrogens (tertiary/aromatic N) is 3. The molecule has 0 aliphatic carbocycles. The highest BCUT2D eigenvalue weighted by Gasteiger charge is 2.39. The number of aromatic nitrogens is 1. The van der Waals surface area contributed by atoms with Gasteiger partial charge in [-0.25, -0.2) is 18.6 Å². The zero-order valence-corrected chi connectivity index (χ0v) is 14.8. The predicted octanol–water partition coefficient (Wildman–Crippen LogP) is 2.71. The topological polar surface area (TPSA) is 65.5 Å². The third-order valence-electron chi connectivity index (χ3n) is 4.25. The molecule has 0 unspecified atom stereocenters. The summed E-state index contributed by atoms with van der Waals surface area (Å²) < 4.78 is 39.9. The average molecular weight is 399 g/mol. The van der Waals surface area contributed by atoms with E-state index in [1.54, 1.807) is 0 Å². The van der Waals surface area contributed by atoms with Gasteiger partial charge >= 0.3 is 6.03 Å². The van der Waals surface area contributed by atoms with Crippen LogP contribution in [0, 0.1) is 17.6 Å². The zero-order chi connectivity index (χ0) is 19.7. The molecule has 1 aliphatic rings. The molecule has 0 spiro atoms. The van der Waals surface area contributed by atoms with E-state index < -0.39 is 40.6 Å². The molecular weight excluding hydrogens is 385 g/mol. The molecule has 3 amide bonds. The largest absolute Gasteiger partial charge is 0.350 e. The number of carbonyl (C=O) groups excluding carboxylic acids is 2. The average Bonchev–Trinajstić information content (AvgIpc) is 2.94. The fourth-order valence-corrected chi connectivity index (χ4v) is 2.95. The first kappa shape index (κ1) is 19.0. The number of pyridine rings is 1. The monoisotopic (exact) mass is 398 g/mol. The molecule has 1 atom stereocenters. The minimum Gasteiger partial charge on any atom is -0.350 e. The molecule has 1 saturated heterocycles. The van der Waals surface area contributed by atoms with Crippen molar-refractivity contribution in [3.63, 3.8) is 0 Å². The number of likely N-dealkylation sites (N-methyl/N-ethyl adjacent to an activating group) is 1. The Labute approximate surface area is 157 Å². The third-order valence-corrected chi connectivity index (χ3v) is 4.66. The predicted molar refractivity (Wildman–Crippen MR) is 91.7 cm³/mol. The van der Waals surface area contributed by atoms with Crippen LogP contribution in [0.4, 0.5) is 23.7 Å². The van der Waals surface area contributed by atoms with Crippen molar-refractivity contribution in [2.75, 3.05) is 18.5 Å². The Morgan fingerprint density at radius 3 is 2.78 bits per heavy atom. The van der Waals surface area contributed by atoms with Gasteiger partial charge in [0, 0.05) is 25.9 Å². The van der Waals surface area contributed by atoms with E-state index in [1.807, 2.05) is 0 Å². The summed E-state index contributed by atoms with van der Waals surface area (Å²) in [4.78, 5) is 30.7. The Morgan fingerprint density at radius 2 is 2.07 bits per heavy atom. The molecule has 1 fully saturated rings. The van der Waals surface area contributed by atoms with Crippen LogP contribution in [0.1, 0.15) is 5.56 Å². The van der Waals surface area contributed by atoms with Gasteiger partial charge in [0.25, 0.3) is 0 Å². The van der Waals surface area contributed by atoms with Crippen molar-refractivity contribution >= 4 is 29.2 Å². The van der Waals surface area contributed by atoms with Gasteiger partial charge in [-0.15, -0.1) is 0 Å². The van der Waals surface area contributed by atoms with Gasteiger partial charge in [-0.1, -0.05) is 17.7 Å². The Morgan fingerprint density at radius 1 is 1.33 bits per heavy atom. The van der Waals surface area contributed by atoms with E-state index >= 15 is 0 Å². The molecule has 27 heavy (non-hydrogen) atoms. The summed E-state index contributed by atoms with van der Waals surface area (Å²) in [5, 5.41) is 2.13. The molecular formula is C17H14ClF3N4O2. The standard InChI is InChI=1S/C17H14ClF3N4O2/c1-24-12(8-25(17(24)27)10-4-5-22-13(20)6-10)16(26)23-7-9-2-3-11(19)15(21)14(9)18/h2-6,12H,7-8H2,1H3,(H,23,26)/t12-/m0/s1. The molecule has 1 N–H and O–H groups in total. The number of carbonyl (C=O) groups is 2. The van der Waals surface area contributed by atoms with E-state index in [9.17, 15) is 22.8 Å². The Balaban J connectivity index is 1.70. The molecule has 10 heteroatoms. The summed E-state index contributed by atoms with van der Waals surface area (Å²) >= 11 is 5.73. The lowest BCUT2D eigenvalue weighted by molar-refractivity contribution is -0.124. The van der Waals surface area contributed by atoms with Crippen LogP contribution in [0.3, 0.4) is 0 Å². The van der Waals surface area contributed by atoms with Crippen molar-refractivity contribution in [1.29, 1.82) is 0 Å². The number of halogens is 4. The number of amides is 3. The molecule has 6 nitrogen and oxygen atoms in total. The number of anilines is 1. The van der Waals surface area contributed by atoms with Gasteiger partial charge < -0.3 is 10.2 Å². The van der Waals surface area contributed by atoms with E-state index in [2.05, 4.69) is 10.3 Å². The molecule has 3 rings (SSSR count). The number of urea groups is 1. The summed E-state index contributed by atoms with van der Waals surface area (Å²) in [7, 11) is 1.44. The second-order valence-electron chi connectivity index (χ2n) is 5.91. The smallest absolute Gasteiger partial charge is 0.325 e. The van der Waals surface area contributed by atoms with Gasteiger partial charge in [0.15, 0.2) is 11.6 Å². The van der Waals surface area contributed by atoms with Gasteiger partial charge in [-0.2, -0.15) is 4.39 Å². The van der Waals surface area contributed by atoms with Gasteiger partial charge in [-0.3, -0.25) is 9.69 Å². The van der Waals surface area contributed by atoms with Gasteiger partial charge in [-0.05, 0) is 17.7 Å². The maximum atomic E-state index is 13.5. The van der Waals surface area contributed by atoms with Gasteiger partial charge in [0.2, 0.25) is 11.9 Å². The first-order chi connectivity index (χ1) is 12.8. The van der Waals surface area contributed by atoms with Gasteiger partial charge in [0.1, 0.15) is 6.04 Å². The maximum absolute atomic E-state index is 13.5. The number of rotatable bonds is 4. The van der Waals surface area contributed by atoms with Crippen LogP contribution in [0.5, 0.6) is 0 Å². The zero-order valence-electron chi connectivity index (χ0n) is 14.0. The van der Waals surface area contributed by atoms with Crippen molar-refractivity contribution in [2.45, 2.75) is 12.6 Å². The summed E-state index contributed by atoms with van der Waals surface area (Å²) in [5.74, 6) is -3.54. The third kappa shape index (κ3) is 3.68. The Kier molecular flexibility index (Phi) is 5.22. The summed E-state index contributed by atoms with van der Waals surface area (Å²) in [6, 6.07) is 3.39. The van der Waals surface area contributed by atoms with Crippen molar-refractivity contribution < 1.29 is 22.8 Å². The second kappa shape index (κ2) is 7.43. The van der Waals surface area contributed by atoms with Gasteiger partial charge in [0.05, 0.1) is 17.3 Å². The summed E-state index contributed by atoms with van der Waals surface area (Å²) in [6.45, 7) is -0.145. The van der Waals surface area contributed by atoms with Crippen LogP contribution in [0.15, 0.2) is 30.5 Å². The van der Waals surface area contributed by atoms with E-state index in [0.29, 0.717) is 0 Å². The highest BCUT2D eigenvalue weighted by atomic mass is 35.5. The quantitative estimate of drug-likeness (QED) is 0.636. The Hall–Kier alpha value is -2.81. The molecule has 0 bridgehead atoms. The first-order valence-electron chi connectivity index (χ1n) is 7.85. The lowest BCUT2D eigenvalue weighted by Crippen LogP contribution is -2.43. The lowest BCUT2D eigenvalue weighted by Gasteiger charge is -2.17. The van der Waals surface area contributed by atoms with Crippen LogP contribution >= 0.6 is 11.6 Å². The number of hydrogen-bond donors (Lipinski definition) is 1. The number of nitrogens with one attached hydrogen (secondary N) is 1. The maximum Gasteiger partial charge on any atom is 0.325 e. The second-order valence-corrected chi connectivity index (χ2v) is 6.29. The van der Waals surface area contributed by atoms with Crippen molar-refractivity contribution in [1.82, 2.24) is 15.2 Å². The SMILES string of the molecule is CN1C(=O)N(c2ccnc(F)c2)C[C@H]1C(=O)NCc1ccc(F)c(F)c1Cl. The summed E-state index contributed by atoms with van der Waals surface area (Å²) in [5.41, 5.74) is 0.474. The molecule has 142 valence electrons. The first-order valence-corrected chi connectivity index (χ1v) is 8.23. The van der Waals surface area contributed by atoms with Crippen molar-refractivity contribution in [3.8, 4) is 0 Å². The van der Waals surface area contributed by atoms with Crippen molar-refractivity contribution in [3.05, 3.63) is 58.6 Å². The van der Waals surface area contributed by atoms with E-state index in [-0.39, 0.29) is 24.3 Å². The minimum atomic E-state index is -1.19. The fraction of sp³-hybridized carbons (Fsp3) is 0.235. The minimum absolute atomic E-state index is 0.00384. The molecule has 0 saturated carbocycles. The molecule has 1 aliphatic heterocycles. The number of benzene rings is 1. The highest BCUT2D eigenvalue weighted by molar-refractivity contribution is 6.31. The van der Waals surface area contributed by atoms with E-state index in [0.717, 1.165) is 12.1 Å². The van der Waals surface area contributed by atoms with Crippen LogP contribution in [-0.4, -0.2) is 41.5 Å². The Bertz CT molecular complexity index is 912. The molecule has 2 aromatic rings. The molecule has 0 radical (unpaired) electrons. The van der Waals surface area contributed by atoms with Crippen LogP contribution < -0.4 is 10.2 Å².